The van der Waals surface area contributed by atoms with Crippen molar-refractivity contribution in [2.24, 2.45) is 0 Å². The molecular weight excluding hydrogens is 390 g/mol. The quantitative estimate of drug-likeness (QED) is 0.507. The van der Waals surface area contributed by atoms with E-state index < -0.39 is 17.2 Å². The summed E-state index contributed by atoms with van der Waals surface area (Å²) in [4.78, 5) is 29.0. The lowest BCUT2D eigenvalue weighted by Crippen LogP contribution is -2.21. The molecule has 0 atom stereocenters. The monoisotopic (exact) mass is 406 g/mol. The van der Waals surface area contributed by atoms with Gasteiger partial charge in [-0.1, -0.05) is 24.3 Å². The van der Waals surface area contributed by atoms with Gasteiger partial charge in [0.05, 0.1) is 35.1 Å². The van der Waals surface area contributed by atoms with Crippen LogP contribution < -0.4 is 16.6 Å². The van der Waals surface area contributed by atoms with Gasteiger partial charge in [-0.3, -0.25) is 14.2 Å². The number of amides is 1. The fourth-order valence-corrected chi connectivity index (χ4v) is 3.03. The van der Waals surface area contributed by atoms with Crippen molar-refractivity contribution >= 4 is 28.2 Å². The number of nitrogen functional groups attached to an aromatic ring is 1. The van der Waals surface area contributed by atoms with Crippen LogP contribution >= 0.6 is 0 Å². The molecule has 1 aromatic heterocycles. The second kappa shape index (κ2) is 7.75. The van der Waals surface area contributed by atoms with Crippen molar-refractivity contribution in [3.63, 3.8) is 0 Å². The van der Waals surface area contributed by atoms with Crippen LogP contribution in [0.2, 0.25) is 0 Å². The van der Waals surface area contributed by atoms with E-state index in [0.717, 1.165) is 17.7 Å². The Morgan fingerprint density at radius 2 is 1.73 bits per heavy atom. The molecule has 0 aliphatic rings. The molecule has 3 N–H and O–H groups in total. The van der Waals surface area contributed by atoms with Crippen LogP contribution in [0.15, 0.2) is 71.8 Å². The van der Waals surface area contributed by atoms with E-state index in [2.05, 4.69) is 10.3 Å². The van der Waals surface area contributed by atoms with Crippen molar-refractivity contribution in [3.8, 4) is 0 Å². The van der Waals surface area contributed by atoms with Gasteiger partial charge in [0.2, 0.25) is 0 Å². The van der Waals surface area contributed by atoms with E-state index in [1.165, 1.54) is 10.9 Å². The molecule has 4 rings (SSSR count). The van der Waals surface area contributed by atoms with Gasteiger partial charge in [-0.2, -0.15) is 0 Å². The van der Waals surface area contributed by atoms with E-state index >= 15 is 0 Å². The van der Waals surface area contributed by atoms with Crippen molar-refractivity contribution in [1.82, 2.24) is 9.55 Å². The lowest BCUT2D eigenvalue weighted by atomic mass is 10.1. The van der Waals surface area contributed by atoms with Crippen molar-refractivity contribution < 1.29 is 13.6 Å². The molecular formula is C22H16F2N4O2. The highest BCUT2D eigenvalue weighted by Gasteiger charge is 2.11. The van der Waals surface area contributed by atoms with Gasteiger partial charge in [0.15, 0.2) is 11.6 Å². The number of nitrogens with zero attached hydrogens (tertiary/aromatic N) is 2. The van der Waals surface area contributed by atoms with E-state index in [0.29, 0.717) is 16.9 Å². The molecule has 0 fully saturated rings. The van der Waals surface area contributed by atoms with Gasteiger partial charge in [0.1, 0.15) is 0 Å². The van der Waals surface area contributed by atoms with E-state index in [1.807, 2.05) is 0 Å². The first-order valence-electron chi connectivity index (χ1n) is 9.01. The highest BCUT2D eigenvalue weighted by atomic mass is 19.2. The van der Waals surface area contributed by atoms with Crippen molar-refractivity contribution in [2.75, 3.05) is 11.1 Å². The number of fused-ring (bicyclic) bond motifs is 1. The molecule has 6 nitrogen and oxygen atoms in total. The molecule has 0 aliphatic carbocycles. The molecule has 150 valence electrons. The first kappa shape index (κ1) is 19.3. The lowest BCUT2D eigenvalue weighted by Gasteiger charge is -2.10. The van der Waals surface area contributed by atoms with Crippen LogP contribution in [0, 0.1) is 11.6 Å². The third kappa shape index (κ3) is 3.75. The minimum absolute atomic E-state index is 0.00662. The Morgan fingerprint density at radius 3 is 2.47 bits per heavy atom. The molecule has 0 spiro atoms. The molecule has 0 radical (unpaired) electrons. The number of aromatic nitrogens is 2. The number of nitrogens with one attached hydrogen (secondary N) is 1. The number of halogens is 2. The summed E-state index contributed by atoms with van der Waals surface area (Å²) < 4.78 is 28.1. The molecule has 1 heterocycles. The summed E-state index contributed by atoms with van der Waals surface area (Å²) in [5.41, 5.74) is 7.56. The second-order valence-electron chi connectivity index (χ2n) is 6.70. The molecule has 0 unspecified atom stereocenters. The number of nitrogens with two attached hydrogens (primary N) is 1. The maximum absolute atomic E-state index is 13.5. The molecule has 30 heavy (non-hydrogen) atoms. The summed E-state index contributed by atoms with van der Waals surface area (Å²) in [5.74, 6) is -2.48. The number of hydrogen-bond acceptors (Lipinski definition) is 4. The van der Waals surface area contributed by atoms with E-state index in [9.17, 15) is 18.4 Å². The third-order valence-electron chi connectivity index (χ3n) is 4.64. The zero-order valence-electron chi connectivity index (χ0n) is 15.6. The fourth-order valence-electron chi connectivity index (χ4n) is 3.03. The third-order valence-corrected chi connectivity index (χ3v) is 4.64. The Morgan fingerprint density at radius 1 is 1.03 bits per heavy atom. The summed E-state index contributed by atoms with van der Waals surface area (Å²) in [6.45, 7) is 0.161. The topological polar surface area (TPSA) is 90.0 Å². The molecule has 4 aromatic rings. The molecule has 0 saturated carbocycles. The molecule has 0 bridgehead atoms. The van der Waals surface area contributed by atoms with Gasteiger partial charge in [-0.25, -0.2) is 13.8 Å². The standard InChI is InChI=1S/C22H16F2N4O2/c23-16-9-15-20(10-17(16)24)26-12-28(22(15)30)11-13-5-7-14(8-6-13)21(29)27-19-4-2-1-3-18(19)25/h1-10,12H,11,25H2,(H,27,29). The van der Waals surface area contributed by atoms with Crippen molar-refractivity contribution in [1.29, 1.82) is 0 Å². The molecule has 1 amide bonds. The summed E-state index contributed by atoms with van der Waals surface area (Å²) in [7, 11) is 0. The number of anilines is 2. The highest BCUT2D eigenvalue weighted by Crippen LogP contribution is 2.18. The largest absolute Gasteiger partial charge is 0.397 e. The Balaban J connectivity index is 1.54. The maximum Gasteiger partial charge on any atom is 0.261 e. The lowest BCUT2D eigenvalue weighted by molar-refractivity contribution is 0.102. The first-order chi connectivity index (χ1) is 14.4. The van der Waals surface area contributed by atoms with Crippen LogP contribution in [-0.2, 0) is 6.54 Å². The van der Waals surface area contributed by atoms with Gasteiger partial charge in [0, 0.05) is 11.6 Å². The van der Waals surface area contributed by atoms with Gasteiger partial charge in [0.25, 0.3) is 11.5 Å². The summed E-state index contributed by atoms with van der Waals surface area (Å²) in [6.07, 6.45) is 1.28. The zero-order valence-corrected chi connectivity index (χ0v) is 15.6. The number of carbonyl (C=O) groups is 1. The number of carbonyl (C=O) groups excluding carboxylic acids is 1. The van der Waals surface area contributed by atoms with Gasteiger partial charge < -0.3 is 11.1 Å². The molecule has 8 heteroatoms. The zero-order chi connectivity index (χ0) is 21.3. The van der Waals surface area contributed by atoms with E-state index in [-0.39, 0.29) is 23.4 Å². The van der Waals surface area contributed by atoms with Crippen LogP contribution in [0.25, 0.3) is 10.9 Å². The number of benzene rings is 3. The van der Waals surface area contributed by atoms with Crippen LogP contribution in [-0.4, -0.2) is 15.5 Å². The van der Waals surface area contributed by atoms with Crippen LogP contribution in [0.3, 0.4) is 0 Å². The van der Waals surface area contributed by atoms with Crippen LogP contribution in [0.5, 0.6) is 0 Å². The van der Waals surface area contributed by atoms with Crippen LogP contribution in [0.1, 0.15) is 15.9 Å². The molecule has 3 aromatic carbocycles. The molecule has 0 aliphatic heterocycles. The fraction of sp³-hybridized carbons (Fsp3) is 0.0455. The van der Waals surface area contributed by atoms with Crippen molar-refractivity contribution in [3.05, 3.63) is 100 Å². The van der Waals surface area contributed by atoms with Gasteiger partial charge in [-0.05, 0) is 35.9 Å². The molecule has 0 saturated heterocycles. The second-order valence-corrected chi connectivity index (χ2v) is 6.70. The Bertz CT molecular complexity index is 1320. The number of para-hydroxylation sites is 2. The Labute approximate surface area is 169 Å². The van der Waals surface area contributed by atoms with Gasteiger partial charge in [-0.15, -0.1) is 0 Å². The predicted octanol–water partition coefficient (Wildman–Crippen LogP) is 3.56. The average molecular weight is 406 g/mol. The Kier molecular flexibility index (Phi) is 4.97. The minimum atomic E-state index is -1.10. The number of rotatable bonds is 4. The van der Waals surface area contributed by atoms with Crippen LogP contribution in [0.4, 0.5) is 20.2 Å². The van der Waals surface area contributed by atoms with Crippen molar-refractivity contribution in [2.45, 2.75) is 6.54 Å². The SMILES string of the molecule is Nc1ccccc1NC(=O)c1ccc(Cn2cnc3cc(F)c(F)cc3c2=O)cc1. The van der Waals surface area contributed by atoms with Gasteiger partial charge >= 0.3 is 0 Å². The summed E-state index contributed by atoms with van der Waals surface area (Å²) in [5, 5.41) is 2.73. The minimum Gasteiger partial charge on any atom is -0.397 e. The maximum atomic E-state index is 13.5. The number of hydrogen-bond donors (Lipinski definition) is 2. The normalized spacial score (nSPS) is 10.9. The first-order valence-corrected chi connectivity index (χ1v) is 9.01. The smallest absolute Gasteiger partial charge is 0.261 e. The highest BCUT2D eigenvalue weighted by molar-refractivity contribution is 6.05. The predicted molar refractivity (Wildman–Crippen MR) is 110 cm³/mol. The van der Waals surface area contributed by atoms with E-state index in [4.69, 9.17) is 5.73 Å². The Hall–Kier alpha value is -4.07. The average Bonchev–Trinajstić information content (AvgIpc) is 2.74. The summed E-state index contributed by atoms with van der Waals surface area (Å²) in [6, 6.07) is 15.3. The van der Waals surface area contributed by atoms with E-state index in [1.54, 1.807) is 48.5 Å². The summed E-state index contributed by atoms with van der Waals surface area (Å²) >= 11 is 0.